The Hall–Kier alpha value is -3.87. The van der Waals surface area contributed by atoms with E-state index in [-0.39, 0.29) is 36.7 Å². The molecule has 6 nitrogen and oxygen atoms in total. The van der Waals surface area contributed by atoms with Gasteiger partial charge in [0.1, 0.15) is 6.04 Å². The number of hydrogen-bond donors (Lipinski definition) is 1. The Morgan fingerprint density at radius 2 is 1.67 bits per heavy atom. The Morgan fingerprint density at radius 3 is 2.42 bits per heavy atom. The van der Waals surface area contributed by atoms with Crippen LogP contribution in [-0.2, 0) is 22.6 Å². The van der Waals surface area contributed by atoms with E-state index in [0.717, 1.165) is 53.3 Å². The first kappa shape index (κ1) is 31.1. The van der Waals surface area contributed by atoms with Crippen LogP contribution in [0, 0.1) is 0 Å². The number of nitrogens with zero attached hydrogens (tertiary/aromatic N) is 2. The molecule has 232 valence electrons. The van der Waals surface area contributed by atoms with Gasteiger partial charge in [0.15, 0.2) is 0 Å². The van der Waals surface area contributed by atoms with Gasteiger partial charge in [0.2, 0.25) is 11.8 Å². The molecule has 1 aliphatic carbocycles. The molecule has 1 N–H and O–H groups in total. The van der Waals surface area contributed by atoms with Gasteiger partial charge in [-0.3, -0.25) is 14.4 Å². The summed E-state index contributed by atoms with van der Waals surface area (Å²) in [4.78, 5) is 45.0. The van der Waals surface area contributed by atoms with Crippen LogP contribution in [0.1, 0.15) is 66.4 Å². The monoisotopic (exact) mass is 641 g/mol. The lowest BCUT2D eigenvalue weighted by molar-refractivity contribution is -0.141. The molecule has 1 atom stereocenters. The second-order valence-corrected chi connectivity index (χ2v) is 12.9. The molecule has 1 heterocycles. The van der Waals surface area contributed by atoms with Crippen LogP contribution < -0.4 is 10.2 Å². The second-order valence-electron chi connectivity index (χ2n) is 12.0. The van der Waals surface area contributed by atoms with Gasteiger partial charge in [-0.25, -0.2) is 0 Å². The molecule has 0 bridgehead atoms. The van der Waals surface area contributed by atoms with Crippen molar-refractivity contribution in [3.63, 3.8) is 0 Å². The molecule has 3 amide bonds. The van der Waals surface area contributed by atoms with Gasteiger partial charge in [-0.15, -0.1) is 0 Å². The third-order valence-corrected chi connectivity index (χ3v) is 9.59. The molecule has 1 saturated carbocycles. The summed E-state index contributed by atoms with van der Waals surface area (Å²) in [6.07, 6.45) is 6.23. The topological polar surface area (TPSA) is 69.7 Å². The maximum Gasteiger partial charge on any atom is 0.258 e. The molecule has 0 saturated heterocycles. The number of carbonyl (C=O) groups excluding carboxylic acids is 3. The van der Waals surface area contributed by atoms with Crippen molar-refractivity contribution in [3.05, 3.63) is 112 Å². The van der Waals surface area contributed by atoms with Gasteiger partial charge in [0.25, 0.3) is 5.91 Å². The minimum absolute atomic E-state index is 0.0483. The lowest BCUT2D eigenvalue weighted by Crippen LogP contribution is -2.53. The summed E-state index contributed by atoms with van der Waals surface area (Å²) in [5.41, 5.74) is 3.25. The number of anilines is 1. The number of nitrogens with one attached hydrogen (secondary N) is 1. The molecule has 4 aromatic rings. The van der Waals surface area contributed by atoms with Crippen LogP contribution in [0.4, 0.5) is 5.69 Å². The molecule has 0 spiro atoms. The van der Waals surface area contributed by atoms with Crippen LogP contribution in [0.15, 0.2) is 84.9 Å². The van der Waals surface area contributed by atoms with E-state index in [4.69, 9.17) is 23.2 Å². The van der Waals surface area contributed by atoms with Crippen LogP contribution in [0.2, 0.25) is 10.0 Å². The van der Waals surface area contributed by atoms with Gasteiger partial charge in [0, 0.05) is 53.0 Å². The van der Waals surface area contributed by atoms with E-state index in [1.54, 1.807) is 21.9 Å². The first-order valence-corrected chi connectivity index (χ1v) is 16.6. The second kappa shape index (κ2) is 14.1. The summed E-state index contributed by atoms with van der Waals surface area (Å²) in [6.45, 7) is 0.559. The first-order valence-electron chi connectivity index (χ1n) is 15.8. The van der Waals surface area contributed by atoms with Gasteiger partial charge in [0.05, 0.1) is 5.69 Å². The largest absolute Gasteiger partial charge is 0.352 e. The molecule has 1 fully saturated rings. The van der Waals surface area contributed by atoms with Gasteiger partial charge < -0.3 is 15.1 Å². The molecular formula is C37H37Cl2N3O3. The number of halogens is 2. The Balaban J connectivity index is 1.25. The van der Waals surface area contributed by atoms with E-state index < -0.39 is 6.04 Å². The summed E-state index contributed by atoms with van der Waals surface area (Å²) in [6, 6.07) is 26.1. The lowest BCUT2D eigenvalue weighted by atomic mass is 9.94. The Labute approximate surface area is 274 Å². The first-order chi connectivity index (χ1) is 21.9. The molecular weight excluding hydrogens is 605 g/mol. The van der Waals surface area contributed by atoms with Crippen molar-refractivity contribution < 1.29 is 14.4 Å². The molecule has 45 heavy (non-hydrogen) atoms. The fraction of sp³-hybridized carbons (Fsp3) is 0.324. The number of amides is 3. The van der Waals surface area contributed by atoms with E-state index >= 15 is 0 Å². The predicted molar refractivity (Wildman–Crippen MR) is 181 cm³/mol. The average molecular weight is 643 g/mol. The highest BCUT2D eigenvalue weighted by Crippen LogP contribution is 2.37. The van der Waals surface area contributed by atoms with E-state index in [1.807, 2.05) is 72.8 Å². The third kappa shape index (κ3) is 7.03. The molecule has 4 aromatic carbocycles. The fourth-order valence-corrected chi connectivity index (χ4v) is 7.13. The van der Waals surface area contributed by atoms with Crippen molar-refractivity contribution in [2.45, 2.75) is 70.0 Å². The van der Waals surface area contributed by atoms with Crippen molar-refractivity contribution in [1.29, 1.82) is 0 Å². The number of carbonyl (C=O) groups is 3. The number of rotatable bonds is 11. The van der Waals surface area contributed by atoms with Gasteiger partial charge in [-0.05, 0) is 60.0 Å². The van der Waals surface area contributed by atoms with E-state index in [9.17, 15) is 14.4 Å². The molecule has 0 radical (unpaired) electrons. The Bertz CT molecular complexity index is 1700. The molecule has 6 rings (SSSR count). The van der Waals surface area contributed by atoms with E-state index in [0.29, 0.717) is 35.0 Å². The van der Waals surface area contributed by atoms with E-state index in [2.05, 4.69) is 5.32 Å². The zero-order chi connectivity index (χ0) is 31.3. The lowest BCUT2D eigenvalue weighted by Gasteiger charge is -2.34. The quantitative estimate of drug-likeness (QED) is 0.180. The summed E-state index contributed by atoms with van der Waals surface area (Å²) >= 11 is 12.8. The van der Waals surface area contributed by atoms with Crippen LogP contribution >= 0.6 is 23.2 Å². The number of hydrogen-bond acceptors (Lipinski definition) is 3. The summed E-state index contributed by atoms with van der Waals surface area (Å²) < 4.78 is 0. The van der Waals surface area contributed by atoms with Crippen LogP contribution in [0.5, 0.6) is 0 Å². The fourth-order valence-electron chi connectivity index (χ4n) is 6.66. The Kier molecular flexibility index (Phi) is 9.72. The van der Waals surface area contributed by atoms with Crippen LogP contribution in [-0.4, -0.2) is 41.2 Å². The van der Waals surface area contributed by atoms with Crippen molar-refractivity contribution >= 4 is 57.4 Å². The van der Waals surface area contributed by atoms with Crippen molar-refractivity contribution in [3.8, 4) is 0 Å². The maximum atomic E-state index is 14.2. The molecule has 8 heteroatoms. The highest BCUT2D eigenvalue weighted by atomic mass is 35.5. The Morgan fingerprint density at radius 1 is 0.911 bits per heavy atom. The van der Waals surface area contributed by atoms with Gasteiger partial charge >= 0.3 is 0 Å². The highest BCUT2D eigenvalue weighted by Gasteiger charge is 2.33. The highest BCUT2D eigenvalue weighted by molar-refractivity contribution is 6.35. The van der Waals surface area contributed by atoms with Crippen molar-refractivity contribution in [2.24, 2.45) is 0 Å². The van der Waals surface area contributed by atoms with Crippen LogP contribution in [0.25, 0.3) is 10.8 Å². The minimum Gasteiger partial charge on any atom is -0.352 e. The standard InChI is InChI=1S/C37H37Cl2N3O3/c38-28-20-19-27(31(39)23-28)24-42(33(22-25-10-3-1-4-11-25)36(44)40-29-14-5-2-6-15-29)34(43)18-9-21-41-32-17-8-13-26-12-7-16-30(35(26)32)37(41)45/h1,3-4,7-8,10-13,16-17,19-20,23,29,33H,2,5-6,9,14-15,18,21-22,24H2,(H,40,44)/t33-/m1/s1. The van der Waals surface area contributed by atoms with E-state index in [1.165, 1.54) is 6.42 Å². The molecule has 0 aromatic heterocycles. The van der Waals surface area contributed by atoms with Crippen molar-refractivity contribution in [2.75, 3.05) is 11.4 Å². The number of benzene rings is 4. The molecule has 0 unspecified atom stereocenters. The predicted octanol–water partition coefficient (Wildman–Crippen LogP) is 7.98. The zero-order valence-electron chi connectivity index (χ0n) is 25.2. The van der Waals surface area contributed by atoms with Gasteiger partial charge in [-0.2, -0.15) is 0 Å². The van der Waals surface area contributed by atoms with Crippen molar-refractivity contribution in [1.82, 2.24) is 10.2 Å². The summed E-state index contributed by atoms with van der Waals surface area (Å²) in [5.74, 6) is -0.364. The minimum atomic E-state index is -0.736. The molecule has 1 aliphatic heterocycles. The summed E-state index contributed by atoms with van der Waals surface area (Å²) in [5, 5.41) is 6.20. The normalized spacial score (nSPS) is 15.3. The maximum absolute atomic E-state index is 14.2. The smallest absolute Gasteiger partial charge is 0.258 e. The van der Waals surface area contributed by atoms with Crippen LogP contribution in [0.3, 0.4) is 0 Å². The summed E-state index contributed by atoms with van der Waals surface area (Å²) in [7, 11) is 0. The zero-order valence-corrected chi connectivity index (χ0v) is 26.7. The SMILES string of the molecule is O=C(NC1CCCCC1)[C@@H](Cc1ccccc1)N(Cc1ccc(Cl)cc1Cl)C(=O)CCCN1C(=O)c2cccc3cccc1c23. The van der Waals surface area contributed by atoms with Gasteiger partial charge in [-0.1, -0.05) is 103 Å². The molecule has 2 aliphatic rings. The average Bonchev–Trinajstić information content (AvgIpc) is 3.32. The third-order valence-electron chi connectivity index (χ3n) is 9.00.